The third kappa shape index (κ3) is 16.7. The Labute approximate surface area is 351 Å². The summed E-state index contributed by atoms with van der Waals surface area (Å²) >= 11 is 0. The Morgan fingerprint density at radius 1 is 0.400 bits per heavy atom. The largest absolute Gasteiger partial charge is 2.00 e. The Balaban J connectivity index is 0.000000678. The van der Waals surface area contributed by atoms with E-state index in [0.717, 1.165) is 75.6 Å². The number of benzene rings is 4. The van der Waals surface area contributed by atoms with Crippen molar-refractivity contribution in [1.82, 2.24) is 0 Å². The van der Waals surface area contributed by atoms with Crippen molar-refractivity contribution < 1.29 is 25.1 Å². The molecule has 0 atom stereocenters. The van der Waals surface area contributed by atoms with Crippen LogP contribution >= 0.6 is 0 Å². The van der Waals surface area contributed by atoms with Crippen molar-refractivity contribution in [2.45, 2.75) is 157 Å². The van der Waals surface area contributed by atoms with Crippen LogP contribution in [0.2, 0.25) is 0 Å². The van der Waals surface area contributed by atoms with E-state index in [9.17, 15) is 5.53 Å². The standard InChI is InChI=1S/C40H60N2.2C6H5.Pd/c1-7-13-19-31-25-32(20-14-8-2)28-35(27-31)39-37(23-17-11-5)38(24-18-12-6)40(42(39)41)36-29-33(21-15-9-3)26-34(30-36)22-16-10-4;2*1-2-4-6-5-3-1;/h25-30H,7-24H2,1-6H3;2*1-5H;/q;2*-1;+2. The summed E-state index contributed by atoms with van der Waals surface area (Å²) in [6.07, 6.45) is 20.7. The molecule has 0 fully saturated rings. The topological polar surface area (TPSA) is 25.3 Å². The molecule has 4 aromatic carbocycles. The van der Waals surface area contributed by atoms with Crippen molar-refractivity contribution in [3.05, 3.63) is 159 Å². The second kappa shape index (κ2) is 28.9. The van der Waals surface area contributed by atoms with Crippen molar-refractivity contribution in [2.75, 3.05) is 0 Å². The summed E-state index contributed by atoms with van der Waals surface area (Å²) < 4.78 is 1.63. The van der Waals surface area contributed by atoms with Crippen LogP contribution in [0.1, 0.15) is 165 Å². The second-order valence-corrected chi connectivity index (χ2v) is 14.8. The minimum absolute atomic E-state index is 0. The van der Waals surface area contributed by atoms with Gasteiger partial charge in [0.05, 0.1) is 0 Å². The first-order valence-corrected chi connectivity index (χ1v) is 21.5. The normalized spacial score (nSPS) is 12.1. The van der Waals surface area contributed by atoms with Crippen LogP contribution < -0.4 is 0 Å². The minimum atomic E-state index is 0. The molecule has 0 N–H and O–H groups in total. The van der Waals surface area contributed by atoms with Crippen molar-refractivity contribution in [1.29, 1.82) is 0 Å². The molecule has 1 aliphatic rings. The zero-order chi connectivity index (χ0) is 38.8. The number of nitrogens with zero attached hydrogens (tertiary/aromatic N) is 2. The van der Waals surface area contributed by atoms with Crippen molar-refractivity contribution in [3.63, 3.8) is 0 Å². The summed E-state index contributed by atoms with van der Waals surface area (Å²) in [5, 5.41) is 0. The Hall–Kier alpha value is -3.38. The Bertz CT molecular complexity index is 1450. The van der Waals surface area contributed by atoms with Gasteiger partial charge >= 0.3 is 20.4 Å². The van der Waals surface area contributed by atoms with E-state index in [-0.39, 0.29) is 20.4 Å². The van der Waals surface area contributed by atoms with Gasteiger partial charge in [-0.05, 0) is 124 Å². The van der Waals surface area contributed by atoms with E-state index in [4.69, 9.17) is 0 Å². The van der Waals surface area contributed by atoms with Gasteiger partial charge < -0.3 is 5.53 Å². The fraction of sp³-hybridized carbons (Fsp3) is 0.462. The third-order valence-corrected chi connectivity index (χ3v) is 10.1. The summed E-state index contributed by atoms with van der Waals surface area (Å²) in [6.45, 7) is 13.7. The summed E-state index contributed by atoms with van der Waals surface area (Å²) in [5.41, 5.74) is 25.2. The molecule has 1 aliphatic heterocycles. The van der Waals surface area contributed by atoms with Crippen LogP contribution in [0.15, 0.2) is 108 Å². The van der Waals surface area contributed by atoms with E-state index >= 15 is 0 Å². The van der Waals surface area contributed by atoms with Gasteiger partial charge in [0.2, 0.25) is 11.4 Å². The molecule has 0 saturated carbocycles. The van der Waals surface area contributed by atoms with Crippen LogP contribution in [-0.2, 0) is 46.1 Å². The number of rotatable bonds is 20. The van der Waals surface area contributed by atoms with Crippen molar-refractivity contribution >= 4 is 11.4 Å². The molecule has 0 spiro atoms. The van der Waals surface area contributed by atoms with Crippen molar-refractivity contribution in [2.24, 2.45) is 0 Å². The van der Waals surface area contributed by atoms with Crippen LogP contribution in [0.5, 0.6) is 0 Å². The third-order valence-electron chi connectivity index (χ3n) is 10.1. The van der Waals surface area contributed by atoms with Crippen molar-refractivity contribution in [3.8, 4) is 0 Å². The Morgan fingerprint density at radius 2 is 0.673 bits per heavy atom. The maximum absolute atomic E-state index is 12.3. The first-order chi connectivity index (χ1) is 26.5. The number of hydrogen-bond acceptors (Lipinski definition) is 0. The number of aryl methyl sites for hydroxylation is 4. The zero-order valence-electron chi connectivity index (χ0n) is 35.2. The minimum Gasteiger partial charge on any atom is -0.493 e. The molecule has 2 nitrogen and oxygen atoms in total. The Morgan fingerprint density at radius 3 is 0.891 bits per heavy atom. The molecular formula is C52H70N2Pd. The molecule has 0 aliphatic carbocycles. The molecule has 0 aromatic heterocycles. The molecule has 5 rings (SSSR count). The van der Waals surface area contributed by atoms with E-state index < -0.39 is 0 Å². The van der Waals surface area contributed by atoms with Gasteiger partial charge in [-0.2, -0.15) is 72.8 Å². The van der Waals surface area contributed by atoms with E-state index in [1.807, 2.05) is 60.7 Å². The van der Waals surface area contributed by atoms with Gasteiger partial charge in [0.1, 0.15) is 0 Å². The first-order valence-electron chi connectivity index (χ1n) is 21.5. The molecule has 55 heavy (non-hydrogen) atoms. The molecule has 1 heterocycles. The predicted octanol–water partition coefficient (Wildman–Crippen LogP) is 15.6. The van der Waals surface area contributed by atoms with Gasteiger partial charge in [-0.3, -0.25) is 0 Å². The average molecular weight is 830 g/mol. The van der Waals surface area contributed by atoms with Gasteiger partial charge in [0.15, 0.2) is 0 Å². The molecule has 3 heteroatoms. The molecule has 0 bridgehead atoms. The predicted molar refractivity (Wildman–Crippen MR) is 234 cm³/mol. The van der Waals surface area contributed by atoms with Gasteiger partial charge in [0, 0.05) is 22.3 Å². The van der Waals surface area contributed by atoms with Crippen LogP contribution in [0.4, 0.5) is 0 Å². The quantitative estimate of drug-likeness (QED) is 0.0482. The monoisotopic (exact) mass is 828 g/mol. The summed E-state index contributed by atoms with van der Waals surface area (Å²) in [7, 11) is 0. The van der Waals surface area contributed by atoms with Gasteiger partial charge in [-0.15, -0.1) is 0 Å². The van der Waals surface area contributed by atoms with Crippen LogP contribution in [-0.4, -0.2) is 4.70 Å². The van der Waals surface area contributed by atoms with E-state index in [0.29, 0.717) is 0 Å². The van der Waals surface area contributed by atoms with E-state index in [1.165, 1.54) is 95.9 Å². The van der Waals surface area contributed by atoms with Gasteiger partial charge in [-0.25, -0.2) is 4.70 Å². The maximum atomic E-state index is 12.3. The molecular weight excluding hydrogens is 759 g/mol. The average Bonchev–Trinajstić information content (AvgIpc) is 3.50. The molecule has 0 amide bonds. The number of unbranched alkanes of at least 4 members (excludes halogenated alkanes) is 6. The molecule has 0 radical (unpaired) electrons. The fourth-order valence-corrected chi connectivity index (χ4v) is 7.08. The molecule has 298 valence electrons. The van der Waals surface area contributed by atoms with Crippen LogP contribution in [0, 0.1) is 12.1 Å². The SMILES string of the molecule is CCCCC1=C(c2cc(CCCC)cc(CCCC)c2)[N+](=[N-])C(c2cc(CCCC)cc(CCCC)c2)=C1CCCC.[Pd+2].[c-]1ccccc1.[c-]1ccccc1. The maximum Gasteiger partial charge on any atom is 2.00 e. The van der Waals surface area contributed by atoms with E-state index in [2.05, 4.69) is 90.1 Å². The molecule has 0 saturated heterocycles. The first kappa shape index (κ1) is 47.8. The summed E-state index contributed by atoms with van der Waals surface area (Å²) in [4.78, 5) is 0. The Kier molecular flexibility index (Phi) is 25.1. The van der Waals surface area contributed by atoms with Crippen LogP contribution in [0.25, 0.3) is 16.9 Å². The number of allylic oxidation sites excluding steroid dienone is 2. The van der Waals surface area contributed by atoms with Crippen LogP contribution in [0.3, 0.4) is 0 Å². The zero-order valence-corrected chi connectivity index (χ0v) is 36.7. The summed E-state index contributed by atoms with van der Waals surface area (Å²) in [5.74, 6) is 0. The van der Waals surface area contributed by atoms with Gasteiger partial charge in [0.25, 0.3) is 0 Å². The van der Waals surface area contributed by atoms with E-state index in [1.54, 1.807) is 4.70 Å². The van der Waals surface area contributed by atoms with Gasteiger partial charge in [-0.1, -0.05) is 92.2 Å². The molecule has 0 unspecified atom stereocenters. The molecule has 4 aromatic rings. The fourth-order valence-electron chi connectivity index (χ4n) is 7.08. The second-order valence-electron chi connectivity index (χ2n) is 14.8. The summed E-state index contributed by atoms with van der Waals surface area (Å²) in [6, 6.07) is 39.4. The smallest absolute Gasteiger partial charge is 0.493 e. The number of hydrogen-bond donors (Lipinski definition) is 0.